The van der Waals surface area contributed by atoms with Crippen molar-refractivity contribution in [3.8, 4) is 11.3 Å². The highest BCUT2D eigenvalue weighted by atomic mass is 79.9. The SMILES string of the molecule is O=C(c1cc(-c2ccc(Br)cc2)n[nH]1)N1CCN(CCO)CC1. The third-order valence-electron chi connectivity index (χ3n) is 4.02. The molecule has 1 aromatic carbocycles. The van der Waals surface area contributed by atoms with Crippen molar-refractivity contribution >= 4 is 21.8 Å². The molecule has 0 aliphatic carbocycles. The third-order valence-corrected chi connectivity index (χ3v) is 4.55. The first-order valence-corrected chi connectivity index (χ1v) is 8.40. The van der Waals surface area contributed by atoms with E-state index in [9.17, 15) is 4.79 Å². The largest absolute Gasteiger partial charge is 0.395 e. The summed E-state index contributed by atoms with van der Waals surface area (Å²) in [6, 6.07) is 9.62. The van der Waals surface area contributed by atoms with Crippen molar-refractivity contribution in [1.82, 2.24) is 20.0 Å². The fourth-order valence-corrected chi connectivity index (χ4v) is 2.95. The van der Waals surface area contributed by atoms with Crippen LogP contribution < -0.4 is 0 Å². The smallest absolute Gasteiger partial charge is 0.271 e. The van der Waals surface area contributed by atoms with Gasteiger partial charge in [0.15, 0.2) is 0 Å². The van der Waals surface area contributed by atoms with Crippen molar-refractivity contribution in [3.05, 3.63) is 40.5 Å². The molecule has 6 nitrogen and oxygen atoms in total. The van der Waals surface area contributed by atoms with E-state index < -0.39 is 0 Å². The summed E-state index contributed by atoms with van der Waals surface area (Å²) in [6.07, 6.45) is 0. The number of nitrogens with one attached hydrogen (secondary N) is 1. The molecule has 0 unspecified atom stereocenters. The first kappa shape index (κ1) is 16.2. The molecule has 0 atom stereocenters. The Morgan fingerprint density at radius 1 is 1.22 bits per heavy atom. The van der Waals surface area contributed by atoms with Crippen LogP contribution in [0, 0.1) is 0 Å². The van der Waals surface area contributed by atoms with E-state index in [0.717, 1.165) is 28.8 Å². The average Bonchev–Trinajstić information content (AvgIpc) is 3.06. The van der Waals surface area contributed by atoms with Crippen molar-refractivity contribution in [2.24, 2.45) is 0 Å². The van der Waals surface area contributed by atoms with Crippen LogP contribution in [0.4, 0.5) is 0 Å². The van der Waals surface area contributed by atoms with Gasteiger partial charge in [0.05, 0.1) is 12.3 Å². The number of H-pyrrole nitrogens is 1. The van der Waals surface area contributed by atoms with Crippen molar-refractivity contribution in [2.75, 3.05) is 39.3 Å². The molecule has 0 saturated carbocycles. The number of amides is 1. The number of rotatable bonds is 4. The van der Waals surface area contributed by atoms with Gasteiger partial charge >= 0.3 is 0 Å². The number of β-amino-alcohol motifs (C(OH)–C–C–N with tert-alkyl or cyclic N) is 1. The van der Waals surface area contributed by atoms with Gasteiger partial charge in [-0.1, -0.05) is 28.1 Å². The molecule has 23 heavy (non-hydrogen) atoms. The fourth-order valence-electron chi connectivity index (χ4n) is 2.69. The standard InChI is InChI=1S/C16H19BrN4O2/c17-13-3-1-12(2-4-13)14-11-15(19-18-14)16(23)21-7-5-20(6-8-21)9-10-22/h1-4,11,22H,5-10H2,(H,18,19). The van der Waals surface area contributed by atoms with Crippen LogP contribution in [-0.2, 0) is 0 Å². The number of nitrogens with zero attached hydrogens (tertiary/aromatic N) is 3. The highest BCUT2D eigenvalue weighted by molar-refractivity contribution is 9.10. The molecule has 0 bridgehead atoms. The lowest BCUT2D eigenvalue weighted by Gasteiger charge is -2.34. The highest BCUT2D eigenvalue weighted by Gasteiger charge is 2.23. The van der Waals surface area contributed by atoms with Gasteiger partial charge in [-0.05, 0) is 18.2 Å². The molecule has 1 fully saturated rings. The van der Waals surface area contributed by atoms with Gasteiger partial charge in [-0.15, -0.1) is 0 Å². The lowest BCUT2D eigenvalue weighted by molar-refractivity contribution is 0.0609. The summed E-state index contributed by atoms with van der Waals surface area (Å²) in [5.74, 6) is -0.0236. The van der Waals surface area contributed by atoms with Gasteiger partial charge in [0.25, 0.3) is 5.91 Å². The van der Waals surface area contributed by atoms with Crippen LogP contribution in [-0.4, -0.2) is 70.3 Å². The minimum absolute atomic E-state index is 0.0236. The third kappa shape index (κ3) is 3.80. The Hall–Kier alpha value is -1.70. The zero-order valence-corrected chi connectivity index (χ0v) is 14.3. The van der Waals surface area contributed by atoms with E-state index in [4.69, 9.17) is 5.11 Å². The number of carbonyl (C=O) groups is 1. The van der Waals surface area contributed by atoms with Gasteiger partial charge < -0.3 is 10.0 Å². The van der Waals surface area contributed by atoms with Crippen molar-refractivity contribution in [2.45, 2.75) is 0 Å². The van der Waals surface area contributed by atoms with Gasteiger partial charge in [0, 0.05) is 42.8 Å². The Bertz CT molecular complexity index is 663. The molecule has 2 N–H and O–H groups in total. The van der Waals surface area contributed by atoms with Crippen LogP contribution >= 0.6 is 15.9 Å². The molecule has 1 aliphatic heterocycles. The zero-order valence-electron chi connectivity index (χ0n) is 12.7. The molecule has 1 aromatic heterocycles. The number of benzene rings is 1. The molecule has 2 aromatic rings. The number of hydrogen-bond acceptors (Lipinski definition) is 4. The number of aromatic amines is 1. The van der Waals surface area contributed by atoms with Crippen LogP contribution in [0.2, 0.25) is 0 Å². The lowest BCUT2D eigenvalue weighted by Crippen LogP contribution is -2.49. The van der Waals surface area contributed by atoms with Crippen LogP contribution in [0.3, 0.4) is 0 Å². The number of halogens is 1. The minimum atomic E-state index is -0.0236. The molecule has 0 spiro atoms. The van der Waals surface area contributed by atoms with E-state index in [-0.39, 0.29) is 12.5 Å². The van der Waals surface area contributed by atoms with E-state index >= 15 is 0 Å². The second kappa shape index (κ2) is 7.25. The Balaban J connectivity index is 1.66. The van der Waals surface area contributed by atoms with Crippen LogP contribution in [0.5, 0.6) is 0 Å². The second-order valence-corrected chi connectivity index (χ2v) is 6.45. The van der Waals surface area contributed by atoms with Crippen molar-refractivity contribution in [1.29, 1.82) is 0 Å². The van der Waals surface area contributed by atoms with E-state index in [0.29, 0.717) is 25.3 Å². The molecular formula is C16H19BrN4O2. The van der Waals surface area contributed by atoms with Crippen LogP contribution in [0.15, 0.2) is 34.8 Å². The number of aliphatic hydroxyl groups is 1. The van der Waals surface area contributed by atoms with E-state index in [2.05, 4.69) is 31.0 Å². The van der Waals surface area contributed by atoms with Gasteiger partial charge in [0.2, 0.25) is 0 Å². The average molecular weight is 379 g/mol. The van der Waals surface area contributed by atoms with E-state index in [1.807, 2.05) is 29.2 Å². The molecule has 1 saturated heterocycles. The quantitative estimate of drug-likeness (QED) is 0.847. The summed E-state index contributed by atoms with van der Waals surface area (Å²) in [5.41, 5.74) is 2.24. The highest BCUT2D eigenvalue weighted by Crippen LogP contribution is 2.21. The van der Waals surface area contributed by atoms with E-state index in [1.54, 1.807) is 6.07 Å². The fraction of sp³-hybridized carbons (Fsp3) is 0.375. The second-order valence-electron chi connectivity index (χ2n) is 5.53. The maximum Gasteiger partial charge on any atom is 0.271 e. The zero-order chi connectivity index (χ0) is 16.2. The molecule has 1 aliphatic rings. The number of piperazine rings is 1. The normalized spacial score (nSPS) is 15.8. The maximum atomic E-state index is 12.5. The topological polar surface area (TPSA) is 72.5 Å². The number of aromatic nitrogens is 2. The van der Waals surface area contributed by atoms with Gasteiger partial charge in [0.1, 0.15) is 5.69 Å². The Kier molecular flexibility index (Phi) is 5.09. The number of carbonyl (C=O) groups excluding carboxylic acids is 1. The van der Waals surface area contributed by atoms with Crippen LogP contribution in [0.25, 0.3) is 11.3 Å². The van der Waals surface area contributed by atoms with Gasteiger partial charge in [-0.3, -0.25) is 14.8 Å². The van der Waals surface area contributed by atoms with Crippen LogP contribution in [0.1, 0.15) is 10.5 Å². The predicted octanol–water partition coefficient (Wildman–Crippen LogP) is 1.59. The monoisotopic (exact) mass is 378 g/mol. The molecule has 1 amide bonds. The molecule has 7 heteroatoms. The summed E-state index contributed by atoms with van der Waals surface area (Å²) in [5, 5.41) is 16.1. The molecule has 3 rings (SSSR count). The summed E-state index contributed by atoms with van der Waals surface area (Å²) in [4.78, 5) is 16.5. The summed E-state index contributed by atoms with van der Waals surface area (Å²) >= 11 is 3.41. The first-order valence-electron chi connectivity index (χ1n) is 7.61. The van der Waals surface area contributed by atoms with E-state index in [1.165, 1.54) is 0 Å². The molecule has 0 radical (unpaired) electrons. The lowest BCUT2D eigenvalue weighted by atomic mass is 10.1. The molecule has 2 heterocycles. The van der Waals surface area contributed by atoms with Crippen molar-refractivity contribution < 1.29 is 9.90 Å². The maximum absolute atomic E-state index is 12.5. The van der Waals surface area contributed by atoms with Gasteiger partial charge in [-0.2, -0.15) is 5.10 Å². The first-order chi connectivity index (χ1) is 11.2. The molecule has 122 valence electrons. The van der Waals surface area contributed by atoms with Gasteiger partial charge in [-0.25, -0.2) is 0 Å². The number of aliphatic hydroxyl groups excluding tert-OH is 1. The number of hydrogen-bond donors (Lipinski definition) is 2. The Morgan fingerprint density at radius 3 is 2.57 bits per heavy atom. The predicted molar refractivity (Wildman–Crippen MR) is 91.2 cm³/mol. The molecular weight excluding hydrogens is 360 g/mol. The Morgan fingerprint density at radius 2 is 1.91 bits per heavy atom. The summed E-state index contributed by atoms with van der Waals surface area (Å²) in [6.45, 7) is 3.75. The Labute approximate surface area is 143 Å². The summed E-state index contributed by atoms with van der Waals surface area (Å²) in [7, 11) is 0. The van der Waals surface area contributed by atoms with Crippen molar-refractivity contribution in [3.63, 3.8) is 0 Å². The summed E-state index contributed by atoms with van der Waals surface area (Å²) < 4.78 is 1.01. The minimum Gasteiger partial charge on any atom is -0.395 e.